The molecule has 0 amide bonds. The second-order valence-electron chi connectivity index (χ2n) is 5.26. The van der Waals surface area contributed by atoms with Crippen molar-refractivity contribution in [2.75, 3.05) is 7.11 Å². The van der Waals surface area contributed by atoms with Crippen LogP contribution in [0, 0.1) is 0 Å². The molecule has 2 rings (SSSR count). The van der Waals surface area contributed by atoms with Crippen LogP contribution in [0.2, 0.25) is 0 Å². The normalized spacial score (nSPS) is 11.6. The fourth-order valence-electron chi connectivity index (χ4n) is 2.02. The summed E-state index contributed by atoms with van der Waals surface area (Å²) in [6, 6.07) is 14.7. The molecule has 1 unspecified atom stereocenters. The third-order valence-electron chi connectivity index (χ3n) is 3.51. The average Bonchev–Trinajstić information content (AvgIpc) is 2.60. The Hall–Kier alpha value is -2.49. The Morgan fingerprint density at radius 2 is 1.83 bits per heavy atom. The van der Waals surface area contributed by atoms with Crippen molar-refractivity contribution < 1.29 is 19.0 Å². The van der Waals surface area contributed by atoms with Gasteiger partial charge in [0.15, 0.2) is 11.5 Å². The maximum Gasteiger partial charge on any atom is 0.338 e. The van der Waals surface area contributed by atoms with Gasteiger partial charge in [-0.2, -0.15) is 0 Å². The maximum absolute atomic E-state index is 12.1. The summed E-state index contributed by atoms with van der Waals surface area (Å²) in [7, 11) is 1.60. The van der Waals surface area contributed by atoms with Crippen LogP contribution in [-0.4, -0.2) is 19.2 Å². The molecular weight excluding hydrogens is 292 g/mol. The molecular formula is C19H22O4. The highest BCUT2D eigenvalue weighted by Crippen LogP contribution is 2.26. The van der Waals surface area contributed by atoms with E-state index in [0.29, 0.717) is 23.7 Å². The van der Waals surface area contributed by atoms with E-state index in [1.807, 2.05) is 50.2 Å². The van der Waals surface area contributed by atoms with Crippen molar-refractivity contribution in [2.45, 2.75) is 33.0 Å². The summed E-state index contributed by atoms with van der Waals surface area (Å²) in [5.41, 5.74) is 1.43. The van der Waals surface area contributed by atoms with Crippen molar-refractivity contribution in [1.82, 2.24) is 0 Å². The number of hydrogen-bond acceptors (Lipinski definition) is 4. The van der Waals surface area contributed by atoms with Gasteiger partial charge in [0, 0.05) is 0 Å². The lowest BCUT2D eigenvalue weighted by molar-refractivity contribution is 0.0334. The fraction of sp³-hybridized carbons (Fsp3) is 0.316. The summed E-state index contributed by atoms with van der Waals surface area (Å²) in [4.78, 5) is 12.1. The second kappa shape index (κ2) is 8.22. The van der Waals surface area contributed by atoms with Gasteiger partial charge in [-0.15, -0.1) is 0 Å². The van der Waals surface area contributed by atoms with Crippen molar-refractivity contribution in [3.05, 3.63) is 59.7 Å². The second-order valence-corrected chi connectivity index (χ2v) is 5.26. The van der Waals surface area contributed by atoms with Crippen molar-refractivity contribution in [3.8, 4) is 11.5 Å². The van der Waals surface area contributed by atoms with Gasteiger partial charge in [-0.1, -0.05) is 31.2 Å². The molecule has 2 aromatic carbocycles. The van der Waals surface area contributed by atoms with Crippen LogP contribution in [0.15, 0.2) is 48.5 Å². The van der Waals surface area contributed by atoms with E-state index in [1.165, 1.54) is 0 Å². The lowest BCUT2D eigenvalue weighted by Gasteiger charge is -2.12. The fourth-order valence-corrected chi connectivity index (χ4v) is 2.02. The molecule has 0 aliphatic heterocycles. The number of esters is 1. The number of para-hydroxylation sites is 2. The molecule has 0 aliphatic rings. The van der Waals surface area contributed by atoms with Gasteiger partial charge in [-0.05, 0) is 43.2 Å². The summed E-state index contributed by atoms with van der Waals surface area (Å²) in [5.74, 6) is 1.04. The first-order valence-corrected chi connectivity index (χ1v) is 7.69. The number of methoxy groups -OCH3 is 1. The minimum atomic E-state index is -0.307. The lowest BCUT2D eigenvalue weighted by Crippen LogP contribution is -2.14. The van der Waals surface area contributed by atoms with E-state index in [1.54, 1.807) is 19.2 Å². The molecule has 4 heteroatoms. The van der Waals surface area contributed by atoms with Gasteiger partial charge in [0.2, 0.25) is 0 Å². The smallest absolute Gasteiger partial charge is 0.338 e. The van der Waals surface area contributed by atoms with Crippen LogP contribution in [0.5, 0.6) is 11.5 Å². The first kappa shape index (κ1) is 16.9. The van der Waals surface area contributed by atoms with Crippen LogP contribution in [0.25, 0.3) is 0 Å². The van der Waals surface area contributed by atoms with Crippen LogP contribution in [0.4, 0.5) is 0 Å². The van der Waals surface area contributed by atoms with Crippen LogP contribution in [0.1, 0.15) is 36.2 Å². The highest BCUT2D eigenvalue weighted by molar-refractivity contribution is 5.89. The molecule has 1 atom stereocenters. The summed E-state index contributed by atoms with van der Waals surface area (Å²) >= 11 is 0. The molecule has 0 fully saturated rings. The molecule has 2 aromatic rings. The van der Waals surface area contributed by atoms with Crippen LogP contribution >= 0.6 is 0 Å². The van der Waals surface area contributed by atoms with Gasteiger partial charge in [-0.3, -0.25) is 0 Å². The van der Waals surface area contributed by atoms with Gasteiger partial charge in [-0.25, -0.2) is 4.79 Å². The monoisotopic (exact) mass is 314 g/mol. The quantitative estimate of drug-likeness (QED) is 0.717. The number of carbonyl (C=O) groups excluding carboxylic acids is 1. The van der Waals surface area contributed by atoms with E-state index in [4.69, 9.17) is 14.2 Å². The molecule has 0 aromatic heterocycles. The zero-order valence-electron chi connectivity index (χ0n) is 13.7. The van der Waals surface area contributed by atoms with Gasteiger partial charge < -0.3 is 14.2 Å². The average molecular weight is 314 g/mol. The van der Waals surface area contributed by atoms with E-state index in [-0.39, 0.29) is 12.1 Å². The third-order valence-corrected chi connectivity index (χ3v) is 3.51. The molecule has 4 nitrogen and oxygen atoms in total. The molecule has 0 bridgehead atoms. The Bertz CT molecular complexity index is 651. The number of hydrogen-bond donors (Lipinski definition) is 0. The molecule has 0 radical (unpaired) electrons. The van der Waals surface area contributed by atoms with Crippen LogP contribution < -0.4 is 9.47 Å². The predicted molar refractivity (Wildman–Crippen MR) is 88.9 cm³/mol. The molecule has 0 spiro atoms. The molecule has 0 saturated carbocycles. The van der Waals surface area contributed by atoms with E-state index < -0.39 is 0 Å². The Morgan fingerprint density at radius 1 is 1.09 bits per heavy atom. The standard InChI is InChI=1S/C19H22O4/c1-4-14(2)23-19(20)16-9-7-8-15(12-16)13-22-18-11-6-5-10-17(18)21-3/h5-12,14H,4,13H2,1-3H3. The highest BCUT2D eigenvalue weighted by Gasteiger charge is 2.11. The van der Waals surface area contributed by atoms with E-state index in [2.05, 4.69) is 0 Å². The SMILES string of the molecule is CCC(C)OC(=O)c1cccc(COc2ccccc2OC)c1. The third kappa shape index (κ3) is 4.74. The largest absolute Gasteiger partial charge is 0.493 e. The Morgan fingerprint density at radius 3 is 2.52 bits per heavy atom. The summed E-state index contributed by atoms with van der Waals surface area (Å²) in [6.45, 7) is 4.22. The molecule has 23 heavy (non-hydrogen) atoms. The maximum atomic E-state index is 12.1. The van der Waals surface area contributed by atoms with Crippen molar-refractivity contribution in [2.24, 2.45) is 0 Å². The van der Waals surface area contributed by atoms with E-state index in [0.717, 1.165) is 12.0 Å². The van der Waals surface area contributed by atoms with Gasteiger partial charge in [0.25, 0.3) is 0 Å². The van der Waals surface area contributed by atoms with Gasteiger partial charge in [0.05, 0.1) is 18.8 Å². The minimum absolute atomic E-state index is 0.0870. The number of ether oxygens (including phenoxy) is 3. The molecule has 0 aliphatic carbocycles. The van der Waals surface area contributed by atoms with Crippen LogP contribution in [-0.2, 0) is 11.3 Å². The topological polar surface area (TPSA) is 44.8 Å². The number of rotatable bonds is 7. The van der Waals surface area contributed by atoms with Gasteiger partial charge >= 0.3 is 5.97 Å². The van der Waals surface area contributed by atoms with Gasteiger partial charge in [0.1, 0.15) is 6.61 Å². The van der Waals surface area contributed by atoms with Crippen LogP contribution in [0.3, 0.4) is 0 Å². The Balaban J connectivity index is 2.04. The lowest BCUT2D eigenvalue weighted by atomic mass is 10.1. The Labute approximate surface area is 137 Å². The van der Waals surface area contributed by atoms with Crippen molar-refractivity contribution in [1.29, 1.82) is 0 Å². The highest BCUT2D eigenvalue weighted by atomic mass is 16.5. The summed E-state index contributed by atoms with van der Waals surface area (Å²) in [5, 5.41) is 0. The molecule has 0 heterocycles. The Kier molecular flexibility index (Phi) is 6.03. The molecule has 0 N–H and O–H groups in total. The zero-order chi connectivity index (χ0) is 16.7. The predicted octanol–water partition coefficient (Wildman–Crippen LogP) is 4.23. The molecule has 122 valence electrons. The number of benzene rings is 2. The summed E-state index contributed by atoms with van der Waals surface area (Å²) < 4.78 is 16.4. The first-order valence-electron chi connectivity index (χ1n) is 7.69. The number of carbonyl (C=O) groups is 1. The molecule has 0 saturated heterocycles. The first-order chi connectivity index (χ1) is 11.1. The minimum Gasteiger partial charge on any atom is -0.493 e. The zero-order valence-corrected chi connectivity index (χ0v) is 13.7. The van der Waals surface area contributed by atoms with E-state index >= 15 is 0 Å². The van der Waals surface area contributed by atoms with E-state index in [9.17, 15) is 4.79 Å². The van der Waals surface area contributed by atoms with Crippen molar-refractivity contribution in [3.63, 3.8) is 0 Å². The summed E-state index contributed by atoms with van der Waals surface area (Å²) in [6.07, 6.45) is 0.707. The van der Waals surface area contributed by atoms with Crippen molar-refractivity contribution >= 4 is 5.97 Å².